The summed E-state index contributed by atoms with van der Waals surface area (Å²) < 4.78 is 0. The van der Waals surface area contributed by atoms with Crippen LogP contribution in [-0.2, 0) is 4.79 Å². The topological polar surface area (TPSA) is 110 Å². The van der Waals surface area contributed by atoms with E-state index in [1.165, 1.54) is 193 Å². The fraction of sp³-hybridized carbons (Fsp3) is 0.875. The van der Waals surface area contributed by atoms with Crippen LogP contribution < -0.4 is 5.32 Å². The summed E-state index contributed by atoms with van der Waals surface area (Å²) in [5.41, 5.74) is 0. The molecule has 0 radical (unpaired) electrons. The second-order valence-corrected chi connectivity index (χ2v) is 19.0. The molecule has 0 aliphatic heterocycles. The highest BCUT2D eigenvalue weighted by Gasteiger charge is 2.28. The minimum absolute atomic E-state index is 0.345. The van der Waals surface area contributed by atoms with E-state index in [4.69, 9.17) is 0 Å². The largest absolute Gasteiger partial charge is 0.394 e. The monoisotopic (exact) mass is 874 g/mol. The lowest BCUT2D eigenvalue weighted by Gasteiger charge is -2.27. The molecular formula is C56H107NO5. The van der Waals surface area contributed by atoms with Crippen molar-refractivity contribution in [2.75, 3.05) is 6.61 Å². The van der Waals surface area contributed by atoms with Crippen molar-refractivity contribution < 1.29 is 25.2 Å². The second kappa shape index (κ2) is 50.5. The van der Waals surface area contributed by atoms with Crippen molar-refractivity contribution in [2.45, 2.75) is 308 Å². The Morgan fingerprint density at radius 1 is 0.403 bits per heavy atom. The van der Waals surface area contributed by atoms with Gasteiger partial charge in [-0.05, 0) is 64.2 Å². The van der Waals surface area contributed by atoms with Crippen LogP contribution in [0.1, 0.15) is 284 Å². The molecule has 0 aromatic rings. The van der Waals surface area contributed by atoms with Crippen LogP contribution in [0, 0.1) is 0 Å². The number of aliphatic hydroxyl groups excluding tert-OH is 4. The fourth-order valence-corrected chi connectivity index (χ4v) is 8.52. The minimum Gasteiger partial charge on any atom is -0.394 e. The zero-order valence-electron chi connectivity index (χ0n) is 41.4. The molecule has 0 fully saturated rings. The van der Waals surface area contributed by atoms with Crippen molar-refractivity contribution in [3.63, 3.8) is 0 Å². The summed E-state index contributed by atoms with van der Waals surface area (Å²) in [5, 5.41) is 43.8. The predicted octanol–water partition coefficient (Wildman–Crippen LogP) is 15.6. The van der Waals surface area contributed by atoms with Crippen molar-refractivity contribution >= 4 is 5.91 Å². The maximum absolute atomic E-state index is 12.5. The molecule has 0 aromatic heterocycles. The number of rotatable bonds is 50. The standard InChI is InChI=1S/C56H107NO5/c1-3-5-7-9-11-13-15-17-19-20-21-22-23-24-25-26-27-28-29-30-31-32-33-34-35-36-38-39-41-43-45-47-49-53(59)55(61)52(51-58)57-56(62)54(60)50-48-46-44-42-40-37-18-16-14-12-10-8-6-4-2/h12,14,16,18,41,43,52-55,58-61H,3-11,13,15,17,19-40,42,44-51H2,1-2H3,(H,57,62)/b14-12-,18-16-,43-41+. The number of carbonyl (C=O) groups is 1. The first-order valence-corrected chi connectivity index (χ1v) is 27.4. The molecule has 0 rings (SSSR count). The van der Waals surface area contributed by atoms with Crippen LogP contribution >= 0.6 is 0 Å². The first kappa shape index (κ1) is 60.5. The van der Waals surface area contributed by atoms with Gasteiger partial charge in [0.05, 0.1) is 18.8 Å². The average Bonchev–Trinajstić information content (AvgIpc) is 3.28. The van der Waals surface area contributed by atoms with E-state index < -0.39 is 36.9 Å². The lowest BCUT2D eigenvalue weighted by molar-refractivity contribution is -0.132. The number of hydrogen-bond donors (Lipinski definition) is 5. The smallest absolute Gasteiger partial charge is 0.249 e. The molecule has 0 bridgehead atoms. The molecule has 0 saturated carbocycles. The Hall–Kier alpha value is -1.47. The van der Waals surface area contributed by atoms with Crippen LogP contribution in [-0.4, -0.2) is 57.3 Å². The first-order valence-electron chi connectivity index (χ1n) is 27.4. The Balaban J connectivity index is 3.60. The lowest BCUT2D eigenvalue weighted by Crippen LogP contribution is -2.53. The average molecular weight is 874 g/mol. The highest BCUT2D eigenvalue weighted by molar-refractivity contribution is 5.80. The number of nitrogens with one attached hydrogen (secondary N) is 1. The molecule has 5 N–H and O–H groups in total. The van der Waals surface area contributed by atoms with Crippen LogP contribution in [0.4, 0.5) is 0 Å². The molecule has 0 aromatic carbocycles. The first-order chi connectivity index (χ1) is 30.5. The predicted molar refractivity (Wildman–Crippen MR) is 270 cm³/mol. The molecule has 4 unspecified atom stereocenters. The van der Waals surface area contributed by atoms with E-state index in [1.54, 1.807) is 0 Å². The van der Waals surface area contributed by atoms with Crippen molar-refractivity contribution in [3.8, 4) is 0 Å². The summed E-state index contributed by atoms with van der Waals surface area (Å²) >= 11 is 0. The number of allylic oxidation sites excluding steroid dienone is 6. The zero-order chi connectivity index (χ0) is 45.2. The van der Waals surface area contributed by atoms with Gasteiger partial charge in [0.25, 0.3) is 0 Å². The molecule has 0 aliphatic rings. The van der Waals surface area contributed by atoms with Crippen LogP contribution in [0.5, 0.6) is 0 Å². The van der Waals surface area contributed by atoms with E-state index in [1.807, 2.05) is 0 Å². The molecule has 0 heterocycles. The summed E-state index contributed by atoms with van der Waals surface area (Å²) in [7, 11) is 0. The van der Waals surface area contributed by atoms with E-state index in [-0.39, 0.29) is 0 Å². The van der Waals surface area contributed by atoms with Gasteiger partial charge in [-0.25, -0.2) is 0 Å². The summed E-state index contributed by atoms with van der Waals surface area (Å²) in [4.78, 5) is 12.5. The number of hydrogen-bond acceptors (Lipinski definition) is 5. The highest BCUT2D eigenvalue weighted by Crippen LogP contribution is 2.17. The van der Waals surface area contributed by atoms with Crippen molar-refractivity contribution in [1.82, 2.24) is 5.32 Å². The second-order valence-electron chi connectivity index (χ2n) is 19.0. The fourth-order valence-electron chi connectivity index (χ4n) is 8.52. The van der Waals surface area contributed by atoms with Gasteiger partial charge < -0.3 is 25.7 Å². The molecule has 0 saturated heterocycles. The molecule has 6 heteroatoms. The summed E-state index contributed by atoms with van der Waals surface area (Å²) in [6.07, 6.45) is 62.3. The van der Waals surface area contributed by atoms with Crippen LogP contribution in [0.15, 0.2) is 36.5 Å². The van der Waals surface area contributed by atoms with Gasteiger partial charge in [-0.1, -0.05) is 256 Å². The summed E-state index contributed by atoms with van der Waals surface area (Å²) in [6, 6.07) is -1.01. The van der Waals surface area contributed by atoms with Gasteiger partial charge >= 0.3 is 0 Å². The molecule has 366 valence electrons. The van der Waals surface area contributed by atoms with E-state index in [0.29, 0.717) is 12.8 Å². The van der Waals surface area contributed by atoms with Crippen molar-refractivity contribution in [1.29, 1.82) is 0 Å². The Bertz CT molecular complexity index is 981. The quantitative estimate of drug-likeness (QED) is 0.0238. The minimum atomic E-state index is -1.29. The summed E-state index contributed by atoms with van der Waals surface area (Å²) in [5.74, 6) is -0.604. The van der Waals surface area contributed by atoms with Crippen LogP contribution in [0.3, 0.4) is 0 Å². The maximum Gasteiger partial charge on any atom is 0.249 e. The van der Waals surface area contributed by atoms with Gasteiger partial charge in [0.1, 0.15) is 12.2 Å². The van der Waals surface area contributed by atoms with Gasteiger partial charge in [-0.3, -0.25) is 4.79 Å². The lowest BCUT2D eigenvalue weighted by atomic mass is 10.00. The molecular weight excluding hydrogens is 767 g/mol. The maximum atomic E-state index is 12.5. The third kappa shape index (κ3) is 43.8. The Morgan fingerprint density at radius 2 is 0.710 bits per heavy atom. The van der Waals surface area contributed by atoms with E-state index >= 15 is 0 Å². The van der Waals surface area contributed by atoms with Gasteiger partial charge in [0, 0.05) is 0 Å². The third-order valence-corrected chi connectivity index (χ3v) is 12.9. The highest BCUT2D eigenvalue weighted by atomic mass is 16.3. The number of aliphatic hydroxyl groups is 4. The van der Waals surface area contributed by atoms with E-state index in [2.05, 4.69) is 55.6 Å². The van der Waals surface area contributed by atoms with Gasteiger partial charge in [0.15, 0.2) is 0 Å². The van der Waals surface area contributed by atoms with E-state index in [0.717, 1.165) is 64.2 Å². The number of unbranched alkanes of at least 4 members (excludes halogenated alkanes) is 36. The molecule has 0 aliphatic carbocycles. The molecule has 4 atom stereocenters. The summed E-state index contributed by atoms with van der Waals surface area (Å²) in [6.45, 7) is 4.02. The van der Waals surface area contributed by atoms with Gasteiger partial charge in [-0.2, -0.15) is 0 Å². The Labute approximate surface area is 386 Å². The normalized spacial score (nSPS) is 14.1. The SMILES string of the molecule is CCCCC/C=C\C=C/CCCCCCCC(O)C(=O)NC(CO)C(O)C(O)CCC/C=C/CCCCCCCCCCCCCCCCCCCCCCCCCCCCC. The molecule has 6 nitrogen and oxygen atoms in total. The zero-order valence-corrected chi connectivity index (χ0v) is 41.4. The number of carbonyl (C=O) groups excluding carboxylic acids is 1. The van der Waals surface area contributed by atoms with Crippen LogP contribution in [0.25, 0.3) is 0 Å². The molecule has 62 heavy (non-hydrogen) atoms. The van der Waals surface area contributed by atoms with Crippen molar-refractivity contribution in [3.05, 3.63) is 36.5 Å². The van der Waals surface area contributed by atoms with E-state index in [9.17, 15) is 25.2 Å². The molecule has 0 spiro atoms. The number of amides is 1. The van der Waals surface area contributed by atoms with Crippen LogP contribution in [0.2, 0.25) is 0 Å². The Morgan fingerprint density at radius 3 is 1.10 bits per heavy atom. The molecule has 1 amide bonds. The van der Waals surface area contributed by atoms with Gasteiger partial charge in [0.2, 0.25) is 5.91 Å². The van der Waals surface area contributed by atoms with Crippen molar-refractivity contribution in [2.24, 2.45) is 0 Å². The Kier molecular flexibility index (Phi) is 49.3. The van der Waals surface area contributed by atoms with Gasteiger partial charge in [-0.15, -0.1) is 0 Å². The third-order valence-electron chi connectivity index (χ3n) is 12.9.